The summed E-state index contributed by atoms with van der Waals surface area (Å²) in [6.07, 6.45) is 6.89. The molecule has 176 valence electrons. The van der Waals surface area contributed by atoms with Gasteiger partial charge in [-0.1, -0.05) is 6.92 Å². The molecule has 3 aliphatic heterocycles. The summed E-state index contributed by atoms with van der Waals surface area (Å²) < 4.78 is 5.34. The fourth-order valence-electron chi connectivity index (χ4n) is 6.67. The Bertz CT molecular complexity index is 651. The maximum Gasteiger partial charge on any atom is 0.225 e. The number of hydrogen-bond donors (Lipinski definition) is 3. The fourth-order valence-corrected chi connectivity index (χ4v) is 6.67. The molecule has 0 bridgehead atoms. The number of nitrogens with zero attached hydrogens (tertiary/aromatic N) is 1. The highest BCUT2D eigenvalue weighted by atomic mass is 16.5. The SMILES string of the molecule is COC1CCC(C(=O)NC2CCC(C)C(C3CC4CNC(C)CC4N(C)C3=O)C2)CN1. The van der Waals surface area contributed by atoms with Gasteiger partial charge in [0.15, 0.2) is 0 Å². The number of likely N-dealkylation sites (tertiary alicyclic amines) is 1. The number of nitrogens with one attached hydrogen (secondary N) is 3. The lowest BCUT2D eigenvalue weighted by atomic mass is 9.65. The molecule has 7 nitrogen and oxygen atoms in total. The van der Waals surface area contributed by atoms with Crippen LogP contribution < -0.4 is 16.0 Å². The number of hydrogen-bond acceptors (Lipinski definition) is 5. The van der Waals surface area contributed by atoms with E-state index in [2.05, 4.69) is 34.7 Å². The van der Waals surface area contributed by atoms with Crippen molar-refractivity contribution in [1.29, 1.82) is 0 Å². The molecule has 31 heavy (non-hydrogen) atoms. The van der Waals surface area contributed by atoms with Gasteiger partial charge in [0.25, 0.3) is 0 Å². The number of amides is 2. The van der Waals surface area contributed by atoms with Crippen LogP contribution >= 0.6 is 0 Å². The molecule has 3 N–H and O–H groups in total. The van der Waals surface area contributed by atoms with E-state index < -0.39 is 0 Å². The standard InChI is InChI=1S/C24H42N4O3/c1-14-5-7-18(27-23(29)16-6-8-22(31-4)26-12-16)11-19(14)20-10-17-13-25-15(2)9-21(17)28(3)24(20)30/h14-22,25-26H,5-13H2,1-4H3,(H,27,29). The minimum absolute atomic E-state index is 0.0164. The van der Waals surface area contributed by atoms with Crippen LogP contribution in [0, 0.1) is 29.6 Å². The zero-order chi connectivity index (χ0) is 22.1. The number of carbonyl (C=O) groups excluding carboxylic acids is 2. The minimum Gasteiger partial charge on any atom is -0.367 e. The Labute approximate surface area is 187 Å². The lowest BCUT2D eigenvalue weighted by Crippen LogP contribution is -2.60. The largest absolute Gasteiger partial charge is 0.367 e. The van der Waals surface area contributed by atoms with Crippen molar-refractivity contribution in [3.05, 3.63) is 0 Å². The lowest BCUT2D eigenvalue weighted by molar-refractivity contribution is -0.148. The second-order valence-electron chi connectivity index (χ2n) is 10.7. The normalized spacial score (nSPS) is 43.9. The first-order valence-corrected chi connectivity index (χ1v) is 12.4. The van der Waals surface area contributed by atoms with Gasteiger partial charge >= 0.3 is 0 Å². The predicted molar refractivity (Wildman–Crippen MR) is 120 cm³/mol. The van der Waals surface area contributed by atoms with E-state index in [1.807, 2.05) is 7.05 Å². The van der Waals surface area contributed by atoms with E-state index in [4.69, 9.17) is 4.74 Å². The smallest absolute Gasteiger partial charge is 0.225 e. The van der Waals surface area contributed by atoms with Crippen LogP contribution in [0.25, 0.3) is 0 Å². The maximum absolute atomic E-state index is 13.4. The highest BCUT2D eigenvalue weighted by Crippen LogP contribution is 2.43. The van der Waals surface area contributed by atoms with E-state index in [9.17, 15) is 9.59 Å². The van der Waals surface area contributed by atoms with Crippen molar-refractivity contribution < 1.29 is 14.3 Å². The Morgan fingerprint density at radius 2 is 1.87 bits per heavy atom. The van der Waals surface area contributed by atoms with Gasteiger partial charge in [-0.05, 0) is 69.6 Å². The average Bonchev–Trinajstić information content (AvgIpc) is 2.78. The monoisotopic (exact) mass is 434 g/mol. The highest BCUT2D eigenvalue weighted by Gasteiger charge is 2.47. The lowest BCUT2D eigenvalue weighted by Gasteiger charge is -2.50. The van der Waals surface area contributed by atoms with Crippen molar-refractivity contribution in [2.24, 2.45) is 29.6 Å². The van der Waals surface area contributed by atoms with Crippen molar-refractivity contribution in [2.45, 2.75) is 83.1 Å². The van der Waals surface area contributed by atoms with Crippen LogP contribution in [0.5, 0.6) is 0 Å². The van der Waals surface area contributed by atoms with E-state index in [-0.39, 0.29) is 30.0 Å². The highest BCUT2D eigenvalue weighted by molar-refractivity contribution is 5.81. The quantitative estimate of drug-likeness (QED) is 0.628. The molecule has 9 atom stereocenters. The Kier molecular flexibility index (Phi) is 7.24. The zero-order valence-electron chi connectivity index (χ0n) is 19.7. The first-order valence-electron chi connectivity index (χ1n) is 12.4. The summed E-state index contributed by atoms with van der Waals surface area (Å²) in [5, 5.41) is 10.3. The maximum atomic E-state index is 13.4. The third-order valence-electron chi connectivity index (χ3n) is 8.73. The first kappa shape index (κ1) is 23.0. The predicted octanol–water partition coefficient (Wildman–Crippen LogP) is 1.72. The Morgan fingerprint density at radius 1 is 1.06 bits per heavy atom. The van der Waals surface area contributed by atoms with Crippen LogP contribution in [0.15, 0.2) is 0 Å². The van der Waals surface area contributed by atoms with Gasteiger partial charge < -0.3 is 20.3 Å². The molecule has 0 aromatic carbocycles. The van der Waals surface area contributed by atoms with Crippen LogP contribution in [-0.2, 0) is 14.3 Å². The molecule has 4 aliphatic rings. The molecule has 4 fully saturated rings. The van der Waals surface area contributed by atoms with Crippen molar-refractivity contribution in [1.82, 2.24) is 20.9 Å². The molecule has 2 amide bonds. The van der Waals surface area contributed by atoms with E-state index >= 15 is 0 Å². The van der Waals surface area contributed by atoms with Crippen LogP contribution in [-0.4, -0.2) is 68.3 Å². The number of methoxy groups -OCH3 is 1. The summed E-state index contributed by atoms with van der Waals surface area (Å²) in [6, 6.07) is 1.05. The van der Waals surface area contributed by atoms with Gasteiger partial charge in [0.2, 0.25) is 11.8 Å². The van der Waals surface area contributed by atoms with Gasteiger partial charge in [-0.25, -0.2) is 0 Å². The van der Waals surface area contributed by atoms with Gasteiger partial charge in [-0.15, -0.1) is 0 Å². The van der Waals surface area contributed by atoms with Crippen molar-refractivity contribution in [3.63, 3.8) is 0 Å². The molecule has 7 heteroatoms. The third kappa shape index (κ3) is 4.93. The van der Waals surface area contributed by atoms with Gasteiger partial charge in [0, 0.05) is 51.3 Å². The molecule has 1 saturated carbocycles. The molecule has 3 heterocycles. The van der Waals surface area contributed by atoms with E-state index in [1.54, 1.807) is 7.11 Å². The van der Waals surface area contributed by atoms with Crippen LogP contribution in [0.2, 0.25) is 0 Å². The first-order chi connectivity index (χ1) is 14.9. The van der Waals surface area contributed by atoms with Crippen molar-refractivity contribution >= 4 is 11.8 Å². The summed E-state index contributed by atoms with van der Waals surface area (Å²) in [4.78, 5) is 28.3. The van der Waals surface area contributed by atoms with Gasteiger partial charge in [-0.3, -0.25) is 14.9 Å². The number of piperidine rings is 3. The molecule has 1 aliphatic carbocycles. The third-order valence-corrected chi connectivity index (χ3v) is 8.73. The molecular formula is C24H42N4O3. The van der Waals surface area contributed by atoms with E-state index in [0.29, 0.717) is 42.3 Å². The van der Waals surface area contributed by atoms with E-state index in [0.717, 1.165) is 51.5 Å². The van der Waals surface area contributed by atoms with Crippen molar-refractivity contribution in [3.8, 4) is 0 Å². The summed E-state index contributed by atoms with van der Waals surface area (Å²) in [5.41, 5.74) is 0. The van der Waals surface area contributed by atoms with Crippen molar-refractivity contribution in [2.75, 3.05) is 27.2 Å². The number of fused-ring (bicyclic) bond motifs is 1. The summed E-state index contributed by atoms with van der Waals surface area (Å²) >= 11 is 0. The molecule has 9 unspecified atom stereocenters. The minimum atomic E-state index is 0.0164. The zero-order valence-corrected chi connectivity index (χ0v) is 19.7. The second-order valence-corrected chi connectivity index (χ2v) is 10.7. The Balaban J connectivity index is 1.36. The molecule has 3 saturated heterocycles. The van der Waals surface area contributed by atoms with Gasteiger partial charge in [0.05, 0.1) is 5.92 Å². The van der Waals surface area contributed by atoms with E-state index in [1.165, 1.54) is 0 Å². The molecule has 0 aromatic heterocycles. The second kappa shape index (κ2) is 9.75. The molecular weight excluding hydrogens is 392 g/mol. The Hall–Kier alpha value is -1.18. The number of ether oxygens (including phenoxy) is 1. The van der Waals surface area contributed by atoms with Crippen LogP contribution in [0.1, 0.15) is 58.8 Å². The molecule has 0 radical (unpaired) electrons. The summed E-state index contributed by atoms with van der Waals surface area (Å²) in [7, 11) is 3.72. The summed E-state index contributed by atoms with van der Waals surface area (Å²) in [6.45, 7) is 6.21. The number of carbonyl (C=O) groups is 2. The van der Waals surface area contributed by atoms with Crippen LogP contribution in [0.4, 0.5) is 0 Å². The van der Waals surface area contributed by atoms with Crippen LogP contribution in [0.3, 0.4) is 0 Å². The molecule has 4 rings (SSSR count). The van der Waals surface area contributed by atoms with Gasteiger partial charge in [0.1, 0.15) is 6.23 Å². The Morgan fingerprint density at radius 3 is 2.58 bits per heavy atom. The topological polar surface area (TPSA) is 82.7 Å². The molecule has 0 aromatic rings. The van der Waals surface area contributed by atoms with Gasteiger partial charge in [-0.2, -0.15) is 0 Å². The fraction of sp³-hybridized carbons (Fsp3) is 0.917. The molecule has 0 spiro atoms. The average molecular weight is 435 g/mol. The number of rotatable bonds is 4. The summed E-state index contributed by atoms with van der Waals surface area (Å²) in [5.74, 6) is 2.04.